The number of ether oxygens (including phenoxy) is 2. The lowest BCUT2D eigenvalue weighted by molar-refractivity contribution is -0.126. The second-order valence-electron chi connectivity index (χ2n) is 8.14. The highest BCUT2D eigenvalue weighted by Crippen LogP contribution is 2.30. The first kappa shape index (κ1) is 25.5. The lowest BCUT2D eigenvalue weighted by Crippen LogP contribution is -2.30. The zero-order chi connectivity index (χ0) is 25.5. The maximum atomic E-state index is 12.6. The number of carbonyl (C=O) groups excluding carboxylic acids is 2. The van der Waals surface area contributed by atoms with Gasteiger partial charge in [-0.1, -0.05) is 41.4 Å². The van der Waals surface area contributed by atoms with Crippen molar-refractivity contribution >= 4 is 46.9 Å². The zero-order valence-corrected chi connectivity index (χ0v) is 21.1. The Morgan fingerprint density at radius 3 is 2.61 bits per heavy atom. The van der Waals surface area contributed by atoms with Crippen molar-refractivity contribution in [2.45, 2.75) is 20.0 Å². The fourth-order valence-corrected chi connectivity index (χ4v) is 4.10. The fraction of sp³-hybridized carbons (Fsp3) is 0.222. The molecule has 36 heavy (non-hydrogen) atoms. The fourth-order valence-electron chi connectivity index (χ4n) is 3.78. The maximum absolute atomic E-state index is 12.6. The van der Waals surface area contributed by atoms with E-state index in [0.29, 0.717) is 46.0 Å². The van der Waals surface area contributed by atoms with Gasteiger partial charge in [-0.2, -0.15) is 5.10 Å². The minimum Gasteiger partial charge on any atom is -0.490 e. The molecule has 1 aliphatic rings. The molecule has 2 amide bonds. The van der Waals surface area contributed by atoms with Crippen LogP contribution in [-0.2, 0) is 16.2 Å². The molecular weight excluding hydrogens is 501 g/mol. The minimum atomic E-state index is -0.495. The van der Waals surface area contributed by atoms with Crippen molar-refractivity contribution in [2.75, 3.05) is 18.1 Å². The summed E-state index contributed by atoms with van der Waals surface area (Å²) >= 11 is 12.1. The molecule has 186 valence electrons. The monoisotopic (exact) mass is 525 g/mol. The highest BCUT2D eigenvalue weighted by atomic mass is 35.5. The molecule has 0 aromatic heterocycles. The molecule has 1 aliphatic heterocycles. The van der Waals surface area contributed by atoms with Crippen LogP contribution >= 0.6 is 23.2 Å². The molecule has 0 bridgehead atoms. The standard InChI is InChI=1S/C27H25Cl2N3O4/c1-2-35-25-13-18(7-12-24(25)36-17-19-5-3-4-6-23(19)29)15-30-31-27(34)20-14-26(33)32(16-20)22-10-8-21(28)9-11-22/h3-13,15,20H,2,14,16-17H2,1H3,(H,31,34)/b30-15-/t20-/m1/s1. The van der Waals surface area contributed by atoms with Crippen LogP contribution in [0.15, 0.2) is 71.8 Å². The highest BCUT2D eigenvalue weighted by molar-refractivity contribution is 6.31. The summed E-state index contributed by atoms with van der Waals surface area (Å²) in [5, 5.41) is 5.29. The van der Waals surface area contributed by atoms with Crippen LogP contribution in [0.4, 0.5) is 5.69 Å². The number of nitrogens with zero attached hydrogens (tertiary/aromatic N) is 2. The predicted octanol–water partition coefficient (Wildman–Crippen LogP) is 5.47. The summed E-state index contributed by atoms with van der Waals surface area (Å²) in [5.74, 6) is 0.199. The molecule has 1 fully saturated rings. The number of amides is 2. The van der Waals surface area contributed by atoms with Gasteiger partial charge >= 0.3 is 0 Å². The molecule has 1 heterocycles. The Hall–Kier alpha value is -3.55. The average molecular weight is 526 g/mol. The number of nitrogens with one attached hydrogen (secondary N) is 1. The first-order valence-corrected chi connectivity index (χ1v) is 12.2. The van der Waals surface area contributed by atoms with Crippen molar-refractivity contribution in [3.63, 3.8) is 0 Å². The number of rotatable bonds is 9. The van der Waals surface area contributed by atoms with Gasteiger partial charge in [0.2, 0.25) is 11.8 Å². The van der Waals surface area contributed by atoms with Crippen LogP contribution in [0.3, 0.4) is 0 Å². The number of hydrogen-bond acceptors (Lipinski definition) is 5. The van der Waals surface area contributed by atoms with Crippen LogP contribution in [0.1, 0.15) is 24.5 Å². The van der Waals surface area contributed by atoms with Gasteiger partial charge in [0.05, 0.1) is 18.7 Å². The molecule has 1 N–H and O–H groups in total. The van der Waals surface area contributed by atoms with Gasteiger partial charge in [-0.05, 0) is 61.0 Å². The predicted molar refractivity (Wildman–Crippen MR) is 141 cm³/mol. The van der Waals surface area contributed by atoms with Crippen molar-refractivity contribution < 1.29 is 19.1 Å². The molecule has 3 aromatic carbocycles. The number of anilines is 1. The van der Waals surface area contributed by atoms with Crippen LogP contribution in [0.5, 0.6) is 11.5 Å². The number of hydrazone groups is 1. The molecule has 0 radical (unpaired) electrons. The second-order valence-corrected chi connectivity index (χ2v) is 8.98. The second kappa shape index (κ2) is 11.9. The topological polar surface area (TPSA) is 80.2 Å². The van der Waals surface area contributed by atoms with Gasteiger partial charge in [-0.3, -0.25) is 9.59 Å². The third-order valence-corrected chi connectivity index (χ3v) is 6.25. The van der Waals surface area contributed by atoms with E-state index in [1.807, 2.05) is 37.3 Å². The lowest BCUT2D eigenvalue weighted by atomic mass is 10.1. The Kier molecular flexibility index (Phi) is 8.46. The molecule has 0 spiro atoms. The smallest absolute Gasteiger partial charge is 0.245 e. The van der Waals surface area contributed by atoms with Gasteiger partial charge in [0, 0.05) is 34.3 Å². The molecule has 4 rings (SSSR count). The average Bonchev–Trinajstić information content (AvgIpc) is 3.26. The van der Waals surface area contributed by atoms with Crippen LogP contribution in [0.2, 0.25) is 10.0 Å². The largest absolute Gasteiger partial charge is 0.490 e. The van der Waals surface area contributed by atoms with Crippen LogP contribution in [0.25, 0.3) is 0 Å². The Labute approximate surface area is 219 Å². The summed E-state index contributed by atoms with van der Waals surface area (Å²) in [5.41, 5.74) is 4.84. The van der Waals surface area contributed by atoms with Crippen molar-refractivity contribution in [2.24, 2.45) is 11.0 Å². The summed E-state index contributed by atoms with van der Waals surface area (Å²) in [7, 11) is 0. The summed E-state index contributed by atoms with van der Waals surface area (Å²) in [6.45, 7) is 2.93. The molecule has 1 saturated heterocycles. The molecule has 0 saturated carbocycles. The number of hydrogen-bond donors (Lipinski definition) is 1. The summed E-state index contributed by atoms with van der Waals surface area (Å²) in [6.07, 6.45) is 1.64. The van der Waals surface area contributed by atoms with Crippen molar-refractivity contribution in [1.82, 2.24) is 5.43 Å². The Bertz CT molecular complexity index is 1260. The summed E-state index contributed by atoms with van der Waals surface area (Å²) < 4.78 is 11.6. The normalized spacial score (nSPS) is 15.4. The van der Waals surface area contributed by atoms with E-state index in [9.17, 15) is 9.59 Å². The maximum Gasteiger partial charge on any atom is 0.245 e. The third kappa shape index (κ3) is 6.36. The van der Waals surface area contributed by atoms with E-state index in [-0.39, 0.29) is 24.8 Å². The molecule has 0 aliphatic carbocycles. The number of carbonyl (C=O) groups is 2. The van der Waals surface area contributed by atoms with Gasteiger partial charge in [-0.15, -0.1) is 0 Å². The van der Waals surface area contributed by atoms with E-state index < -0.39 is 5.92 Å². The van der Waals surface area contributed by atoms with E-state index in [4.69, 9.17) is 32.7 Å². The summed E-state index contributed by atoms with van der Waals surface area (Å²) in [4.78, 5) is 26.6. The molecule has 1 atom stereocenters. The van der Waals surface area contributed by atoms with Gasteiger partial charge in [0.15, 0.2) is 11.5 Å². The lowest BCUT2D eigenvalue weighted by Gasteiger charge is -2.16. The SMILES string of the molecule is CCOc1cc(/C=N\NC(=O)[C@@H]2CC(=O)N(c3ccc(Cl)cc3)C2)ccc1OCc1ccccc1Cl. The van der Waals surface area contributed by atoms with Gasteiger partial charge in [0.1, 0.15) is 6.61 Å². The number of benzene rings is 3. The quantitative estimate of drug-likeness (QED) is 0.296. The third-order valence-electron chi connectivity index (χ3n) is 5.63. The molecule has 9 heteroatoms. The van der Waals surface area contributed by atoms with Gasteiger partial charge in [-0.25, -0.2) is 5.43 Å². The minimum absolute atomic E-state index is 0.116. The van der Waals surface area contributed by atoms with E-state index in [0.717, 1.165) is 5.56 Å². The van der Waals surface area contributed by atoms with E-state index in [1.165, 1.54) is 6.21 Å². The van der Waals surface area contributed by atoms with Crippen molar-refractivity contribution in [3.05, 3.63) is 87.9 Å². The van der Waals surface area contributed by atoms with Gasteiger partial charge in [0.25, 0.3) is 0 Å². The summed E-state index contributed by atoms with van der Waals surface area (Å²) in [6, 6.07) is 19.8. The zero-order valence-electron chi connectivity index (χ0n) is 19.6. The molecule has 3 aromatic rings. The van der Waals surface area contributed by atoms with Crippen LogP contribution in [0, 0.1) is 5.92 Å². The van der Waals surface area contributed by atoms with Crippen molar-refractivity contribution in [1.29, 1.82) is 0 Å². The van der Waals surface area contributed by atoms with E-state index in [2.05, 4.69) is 10.5 Å². The Morgan fingerprint density at radius 1 is 1.08 bits per heavy atom. The Morgan fingerprint density at radius 2 is 1.86 bits per heavy atom. The van der Waals surface area contributed by atoms with Crippen LogP contribution in [-0.4, -0.2) is 31.2 Å². The first-order valence-electron chi connectivity index (χ1n) is 11.5. The number of halogens is 2. The van der Waals surface area contributed by atoms with E-state index >= 15 is 0 Å². The Balaban J connectivity index is 1.36. The van der Waals surface area contributed by atoms with Gasteiger partial charge < -0.3 is 14.4 Å². The van der Waals surface area contributed by atoms with E-state index in [1.54, 1.807) is 41.3 Å². The molecular formula is C27H25Cl2N3O4. The molecule has 7 nitrogen and oxygen atoms in total. The van der Waals surface area contributed by atoms with Crippen molar-refractivity contribution in [3.8, 4) is 11.5 Å². The molecule has 0 unspecified atom stereocenters. The van der Waals surface area contributed by atoms with Crippen LogP contribution < -0.4 is 19.8 Å². The first-order chi connectivity index (χ1) is 17.4. The highest BCUT2D eigenvalue weighted by Gasteiger charge is 2.35.